The van der Waals surface area contributed by atoms with Gasteiger partial charge >= 0.3 is 0 Å². The van der Waals surface area contributed by atoms with E-state index in [0.29, 0.717) is 73.8 Å². The molecular formula is C25H29N7O5S. The van der Waals surface area contributed by atoms with E-state index in [0.717, 1.165) is 0 Å². The Balaban J connectivity index is 1.37. The summed E-state index contributed by atoms with van der Waals surface area (Å²) in [6.45, 7) is 2.34. The molecule has 3 heterocycles. The molecule has 0 aliphatic heterocycles. The van der Waals surface area contributed by atoms with E-state index in [9.17, 15) is 18.3 Å². The monoisotopic (exact) mass is 539 g/mol. The summed E-state index contributed by atoms with van der Waals surface area (Å²) in [5.41, 5.74) is 0.599. The van der Waals surface area contributed by atoms with E-state index in [4.69, 9.17) is 4.74 Å². The van der Waals surface area contributed by atoms with Crippen LogP contribution < -0.4 is 14.8 Å². The smallest absolute Gasteiger partial charge is 0.237 e. The van der Waals surface area contributed by atoms with Gasteiger partial charge in [0.05, 0.1) is 47.2 Å². The second-order valence-corrected chi connectivity index (χ2v) is 11.4. The molecule has 0 radical (unpaired) electrons. The summed E-state index contributed by atoms with van der Waals surface area (Å²) in [7, 11) is -3.56. The van der Waals surface area contributed by atoms with Gasteiger partial charge in [0.2, 0.25) is 27.8 Å². The lowest BCUT2D eigenvalue weighted by atomic mass is 9.70. The summed E-state index contributed by atoms with van der Waals surface area (Å²) in [5.74, 6) is 0.345. The van der Waals surface area contributed by atoms with Gasteiger partial charge in [0.25, 0.3) is 0 Å². The van der Waals surface area contributed by atoms with Crippen LogP contribution in [0.4, 0.5) is 11.8 Å². The fourth-order valence-electron chi connectivity index (χ4n) is 4.52. The fourth-order valence-corrected chi connectivity index (χ4v) is 5.79. The number of hydrogen-bond acceptors (Lipinski definition) is 10. The highest BCUT2D eigenvalue weighted by Gasteiger charge is 2.45. The molecule has 0 saturated heterocycles. The van der Waals surface area contributed by atoms with E-state index in [-0.39, 0.29) is 11.9 Å². The first-order chi connectivity index (χ1) is 18.3. The molecule has 2 fully saturated rings. The minimum atomic E-state index is -3.56. The Kier molecular flexibility index (Phi) is 7.21. The number of hydrogen-bond donors (Lipinski definition) is 3. The third kappa shape index (κ3) is 5.58. The molecule has 2 saturated carbocycles. The Morgan fingerprint density at radius 1 is 1.08 bits per heavy atom. The van der Waals surface area contributed by atoms with Crippen molar-refractivity contribution in [3.63, 3.8) is 0 Å². The van der Waals surface area contributed by atoms with Crippen molar-refractivity contribution in [1.82, 2.24) is 24.9 Å². The molecule has 12 nitrogen and oxygen atoms in total. The van der Waals surface area contributed by atoms with Gasteiger partial charge in [-0.1, -0.05) is 0 Å². The Morgan fingerprint density at radius 3 is 2.55 bits per heavy atom. The van der Waals surface area contributed by atoms with Gasteiger partial charge in [-0.05, 0) is 63.6 Å². The minimum absolute atomic E-state index is 0.0643. The van der Waals surface area contributed by atoms with E-state index < -0.39 is 26.8 Å². The maximum atomic E-state index is 13.7. The zero-order valence-electron chi connectivity index (χ0n) is 20.9. The molecule has 0 atom stereocenters. The van der Waals surface area contributed by atoms with Crippen LogP contribution in [0, 0.1) is 0 Å². The van der Waals surface area contributed by atoms with Crippen LogP contribution in [0.5, 0.6) is 5.88 Å². The van der Waals surface area contributed by atoms with Crippen molar-refractivity contribution in [2.45, 2.75) is 62.2 Å². The Hall–Kier alpha value is -3.71. The molecule has 2 aliphatic carbocycles. The average molecular weight is 540 g/mol. The van der Waals surface area contributed by atoms with Gasteiger partial charge in [0, 0.05) is 18.0 Å². The van der Waals surface area contributed by atoms with E-state index in [1.807, 2.05) is 6.92 Å². The SMILES string of the molecule is CCOc1cncc(-c2ccc(NC(=O)C3(c4ccnc(NS(=O)(=O)C5CC5)n4)CCC(O)CC3)nc2)n1. The number of carbonyl (C=O) groups excluding carboxylic acids is 1. The predicted molar refractivity (Wildman–Crippen MR) is 139 cm³/mol. The van der Waals surface area contributed by atoms with Crippen LogP contribution in [0.3, 0.4) is 0 Å². The summed E-state index contributed by atoms with van der Waals surface area (Å²) in [5, 5.41) is 12.6. The van der Waals surface area contributed by atoms with Crippen LogP contribution in [0.25, 0.3) is 11.3 Å². The maximum Gasteiger partial charge on any atom is 0.237 e. The molecule has 0 aromatic carbocycles. The summed E-state index contributed by atoms with van der Waals surface area (Å²) in [4.78, 5) is 35.1. The molecule has 0 bridgehead atoms. The number of aromatic nitrogens is 5. The molecule has 1 amide bonds. The van der Waals surface area contributed by atoms with Crippen LogP contribution >= 0.6 is 0 Å². The standard InChI is InChI=1S/C25H29N7O5S/c1-2-37-22-15-26-14-19(29-22)16-3-6-21(28-13-16)31-23(34)25(10-7-17(33)8-11-25)20-9-12-27-24(30-20)32-38(35,36)18-4-5-18/h3,6,9,12-15,17-18,33H,2,4-5,7-8,10-11H2,1H3,(H,27,30,32)(H,28,31,34). The van der Waals surface area contributed by atoms with Crippen molar-refractivity contribution in [1.29, 1.82) is 0 Å². The number of anilines is 2. The van der Waals surface area contributed by atoms with E-state index in [1.54, 1.807) is 30.6 Å². The first-order valence-electron chi connectivity index (χ1n) is 12.5. The lowest BCUT2D eigenvalue weighted by Gasteiger charge is -2.37. The van der Waals surface area contributed by atoms with Gasteiger partial charge in [0.15, 0.2) is 0 Å². The molecule has 5 rings (SSSR count). The number of sulfonamides is 1. The minimum Gasteiger partial charge on any atom is -0.477 e. The number of pyridine rings is 1. The zero-order valence-corrected chi connectivity index (χ0v) is 21.7. The van der Waals surface area contributed by atoms with Gasteiger partial charge in [-0.2, -0.15) is 0 Å². The molecular weight excluding hydrogens is 510 g/mol. The number of ether oxygens (including phenoxy) is 1. The highest BCUT2D eigenvalue weighted by atomic mass is 32.2. The van der Waals surface area contributed by atoms with Crippen molar-refractivity contribution < 1.29 is 23.1 Å². The largest absolute Gasteiger partial charge is 0.477 e. The maximum absolute atomic E-state index is 13.7. The van der Waals surface area contributed by atoms with Gasteiger partial charge in [-0.25, -0.2) is 28.4 Å². The van der Waals surface area contributed by atoms with Crippen molar-refractivity contribution >= 4 is 27.7 Å². The quantitative estimate of drug-likeness (QED) is 0.367. The van der Waals surface area contributed by atoms with E-state index in [2.05, 4.69) is 35.0 Å². The fraction of sp³-hybridized carbons (Fsp3) is 0.440. The molecule has 13 heteroatoms. The van der Waals surface area contributed by atoms with Gasteiger partial charge < -0.3 is 15.2 Å². The van der Waals surface area contributed by atoms with Gasteiger partial charge in [-0.15, -0.1) is 0 Å². The van der Waals surface area contributed by atoms with Gasteiger partial charge in [-0.3, -0.25) is 14.5 Å². The van der Waals surface area contributed by atoms with Crippen LogP contribution in [-0.4, -0.2) is 62.3 Å². The second-order valence-electron chi connectivity index (χ2n) is 9.49. The lowest BCUT2D eigenvalue weighted by Crippen LogP contribution is -2.45. The summed E-state index contributed by atoms with van der Waals surface area (Å²) in [6, 6.07) is 5.06. The number of nitrogens with one attached hydrogen (secondary N) is 2. The second kappa shape index (κ2) is 10.6. The molecule has 3 N–H and O–H groups in total. The molecule has 2 aliphatic rings. The number of carbonyl (C=O) groups is 1. The Bertz CT molecular complexity index is 1410. The molecule has 200 valence electrons. The van der Waals surface area contributed by atoms with Crippen LogP contribution in [0.2, 0.25) is 0 Å². The highest BCUT2D eigenvalue weighted by molar-refractivity contribution is 7.93. The molecule has 38 heavy (non-hydrogen) atoms. The number of nitrogens with zero attached hydrogens (tertiary/aromatic N) is 5. The molecule has 3 aromatic rings. The van der Waals surface area contributed by atoms with Crippen LogP contribution in [-0.2, 0) is 20.2 Å². The predicted octanol–water partition coefficient (Wildman–Crippen LogP) is 2.44. The van der Waals surface area contributed by atoms with Crippen LogP contribution in [0.15, 0.2) is 43.0 Å². The van der Waals surface area contributed by atoms with Crippen LogP contribution in [0.1, 0.15) is 51.1 Å². The van der Waals surface area contributed by atoms with Gasteiger partial charge in [0.1, 0.15) is 5.82 Å². The average Bonchev–Trinajstić information content (AvgIpc) is 3.77. The van der Waals surface area contributed by atoms with E-state index >= 15 is 0 Å². The van der Waals surface area contributed by atoms with Crippen molar-refractivity contribution in [2.24, 2.45) is 0 Å². The normalized spacial score (nSPS) is 21.5. The molecule has 0 unspecified atom stereocenters. The van der Waals surface area contributed by atoms with Crippen molar-refractivity contribution in [3.8, 4) is 17.1 Å². The summed E-state index contributed by atoms with van der Waals surface area (Å²) < 4.78 is 32.7. The lowest BCUT2D eigenvalue weighted by molar-refractivity contribution is -0.123. The third-order valence-corrected chi connectivity index (χ3v) is 8.61. The van der Waals surface area contributed by atoms with Crippen molar-refractivity contribution in [3.05, 3.63) is 48.7 Å². The molecule has 3 aromatic heterocycles. The Morgan fingerprint density at radius 2 is 1.87 bits per heavy atom. The number of amides is 1. The Labute approximate surface area is 220 Å². The first kappa shape index (κ1) is 25.9. The summed E-state index contributed by atoms with van der Waals surface area (Å²) in [6.07, 6.45) is 8.34. The summed E-state index contributed by atoms with van der Waals surface area (Å²) >= 11 is 0. The first-order valence-corrected chi connectivity index (χ1v) is 14.1. The number of rotatable bonds is 9. The van der Waals surface area contributed by atoms with E-state index in [1.165, 1.54) is 12.4 Å². The van der Waals surface area contributed by atoms with Crippen molar-refractivity contribution in [2.75, 3.05) is 16.6 Å². The third-order valence-electron chi connectivity index (χ3n) is 6.79. The number of aliphatic hydroxyl groups is 1. The zero-order chi connectivity index (χ0) is 26.8. The number of aliphatic hydroxyl groups excluding tert-OH is 1. The molecule has 0 spiro atoms. The highest BCUT2D eigenvalue weighted by Crippen LogP contribution is 2.40. The topological polar surface area (TPSA) is 169 Å².